The molecule has 40 heavy (non-hydrogen) atoms. The Morgan fingerprint density at radius 3 is 2.15 bits per heavy atom. The van der Waals surface area contributed by atoms with Gasteiger partial charge in [0.05, 0.1) is 11.4 Å². The van der Waals surface area contributed by atoms with Crippen LogP contribution in [-0.2, 0) is 24.9 Å². The number of para-hydroxylation sites is 1. The number of nitrogens with zero attached hydrogens (tertiary/aromatic N) is 2. The van der Waals surface area contributed by atoms with E-state index in [9.17, 15) is 9.90 Å². The maximum atomic E-state index is 11.7. The van der Waals surface area contributed by atoms with Crippen LogP contribution < -0.4 is 0 Å². The first-order chi connectivity index (χ1) is 18.9. The van der Waals surface area contributed by atoms with E-state index in [1.165, 1.54) is 33.3 Å². The van der Waals surface area contributed by atoms with Gasteiger partial charge < -0.3 is 9.51 Å². The molecule has 0 bridgehead atoms. The van der Waals surface area contributed by atoms with Crippen LogP contribution in [0.25, 0.3) is 38.1 Å². The first kappa shape index (κ1) is 31.5. The van der Waals surface area contributed by atoms with Gasteiger partial charge in [-0.25, -0.2) is 0 Å². The molecule has 4 nitrogen and oxygen atoms in total. The smallest absolute Gasteiger partial charge is 0.162 e. The van der Waals surface area contributed by atoms with Crippen LogP contribution >= 0.6 is 0 Å². The van der Waals surface area contributed by atoms with Crippen molar-refractivity contribution in [1.82, 2.24) is 9.38 Å². The van der Waals surface area contributed by atoms with Crippen molar-refractivity contribution in [2.75, 3.05) is 0 Å². The minimum Gasteiger partial charge on any atom is -0.512 e. The number of allylic oxidation sites excluding steroid dienone is 2. The molecule has 5 rings (SSSR count). The van der Waals surface area contributed by atoms with Crippen molar-refractivity contribution >= 4 is 43.9 Å². The molecule has 0 unspecified atom stereocenters. The molecule has 1 radical (unpaired) electrons. The van der Waals surface area contributed by atoms with Crippen molar-refractivity contribution in [1.29, 1.82) is 0 Å². The van der Waals surface area contributed by atoms with Gasteiger partial charge in [0.1, 0.15) is 0 Å². The number of aliphatic hydroxyl groups is 1. The number of ketones is 1. The van der Waals surface area contributed by atoms with Crippen LogP contribution in [0, 0.1) is 17.9 Å². The summed E-state index contributed by atoms with van der Waals surface area (Å²) in [4.78, 5) is 16.4. The molecule has 3 aromatic carbocycles. The Bertz CT molecular complexity index is 1630. The van der Waals surface area contributed by atoms with Gasteiger partial charge in [-0.15, -0.1) is 17.5 Å². The minimum atomic E-state index is 0. The molecule has 0 saturated carbocycles. The number of aromatic nitrogens is 2. The number of hydrogen-bond donors (Lipinski definition) is 1. The number of imidazole rings is 1. The third kappa shape index (κ3) is 6.16. The van der Waals surface area contributed by atoms with E-state index in [1.807, 2.05) is 40.1 Å². The van der Waals surface area contributed by atoms with Crippen LogP contribution in [0.3, 0.4) is 0 Å². The van der Waals surface area contributed by atoms with E-state index >= 15 is 0 Å². The van der Waals surface area contributed by atoms with Gasteiger partial charge in [0.2, 0.25) is 0 Å². The van der Waals surface area contributed by atoms with Gasteiger partial charge in [0, 0.05) is 55.9 Å². The predicted molar refractivity (Wildman–Crippen MR) is 164 cm³/mol. The van der Waals surface area contributed by atoms with E-state index < -0.39 is 0 Å². The van der Waals surface area contributed by atoms with Gasteiger partial charge >= 0.3 is 0 Å². The zero-order valence-electron chi connectivity index (χ0n) is 24.5. The number of hydrogen-bond acceptors (Lipinski definition) is 3. The summed E-state index contributed by atoms with van der Waals surface area (Å²) in [5.74, 6) is 0.971. The van der Waals surface area contributed by atoms with Crippen LogP contribution in [0.2, 0.25) is 0 Å². The van der Waals surface area contributed by atoms with Gasteiger partial charge in [-0.2, -0.15) is 0 Å². The van der Waals surface area contributed by atoms with Crippen molar-refractivity contribution < 1.29 is 30.0 Å². The number of benzene rings is 3. The zero-order valence-corrected chi connectivity index (χ0v) is 26.9. The Kier molecular flexibility index (Phi) is 11.1. The number of aliphatic hydroxyl groups excluding tert-OH is 1. The number of fused-ring (bicyclic) bond motifs is 7. The molecule has 0 amide bonds. The fraction of sp³-hybridized carbons (Fsp3) is 0.371. The van der Waals surface area contributed by atoms with Crippen LogP contribution in [0.15, 0.2) is 72.8 Å². The number of rotatable bonds is 8. The van der Waals surface area contributed by atoms with E-state index in [0.717, 1.165) is 42.1 Å². The van der Waals surface area contributed by atoms with Crippen molar-refractivity contribution in [2.24, 2.45) is 11.8 Å². The summed E-state index contributed by atoms with van der Waals surface area (Å²) in [7, 11) is 0. The summed E-state index contributed by atoms with van der Waals surface area (Å²) in [6.45, 7) is 12.6. The van der Waals surface area contributed by atoms with E-state index in [4.69, 9.17) is 0 Å². The van der Waals surface area contributed by atoms with Crippen molar-refractivity contribution in [3.8, 4) is 0 Å². The fourth-order valence-corrected chi connectivity index (χ4v) is 5.70. The minimum absolute atomic E-state index is 0. The Morgan fingerprint density at radius 1 is 0.925 bits per heavy atom. The first-order valence-corrected chi connectivity index (χ1v) is 14.4. The Labute approximate surface area is 251 Å². The van der Waals surface area contributed by atoms with Gasteiger partial charge in [0.25, 0.3) is 0 Å². The molecule has 1 N–H and O–H groups in total. The summed E-state index contributed by atoms with van der Waals surface area (Å²) in [6.07, 6.45) is 8.82. The molecule has 0 aliphatic heterocycles. The molecule has 0 aliphatic carbocycles. The molecular formula is C35H41IrN2O2-. The van der Waals surface area contributed by atoms with Crippen molar-refractivity contribution in [3.05, 3.63) is 84.4 Å². The van der Waals surface area contributed by atoms with Gasteiger partial charge in [0.15, 0.2) is 5.78 Å². The summed E-state index contributed by atoms with van der Waals surface area (Å²) in [5.41, 5.74) is 3.57. The maximum Gasteiger partial charge on any atom is 0.162 e. The van der Waals surface area contributed by atoms with E-state index in [0.29, 0.717) is 5.92 Å². The topological polar surface area (TPSA) is 54.6 Å². The van der Waals surface area contributed by atoms with Crippen molar-refractivity contribution in [2.45, 2.75) is 73.1 Å². The Morgan fingerprint density at radius 2 is 1.52 bits per heavy atom. The third-order valence-electron chi connectivity index (χ3n) is 7.95. The van der Waals surface area contributed by atoms with Gasteiger partial charge in [-0.1, -0.05) is 99.7 Å². The van der Waals surface area contributed by atoms with Gasteiger partial charge in [-0.05, 0) is 43.1 Å². The summed E-state index contributed by atoms with van der Waals surface area (Å²) >= 11 is 0. The van der Waals surface area contributed by atoms with Crippen LogP contribution in [0.5, 0.6) is 0 Å². The van der Waals surface area contributed by atoms with E-state index in [2.05, 4.69) is 77.8 Å². The Hall–Kier alpha value is -3.01. The second kappa shape index (κ2) is 14.1. The average molecular weight is 714 g/mol. The number of pyridine rings is 1. The molecule has 0 fully saturated rings. The second-order valence-corrected chi connectivity index (χ2v) is 10.6. The standard InChI is InChI=1S/C22H17N2.C13H24O2.Ir/c1-14(2)20-16-8-4-3-7-15(16)13-18-21(20)17-9-5-6-10-19(17)24-12-11-23-22(18)24;1-5-10(6-2)12(14)9-13(15)11(7-3)8-4;/h3-12,14H,1-2H3;9-11,14H,5-8H2,1-4H3;/q-1;;/b;12-9-;. The van der Waals surface area contributed by atoms with E-state index in [-0.39, 0.29) is 43.5 Å². The van der Waals surface area contributed by atoms with Crippen LogP contribution in [0.4, 0.5) is 0 Å². The predicted octanol–water partition coefficient (Wildman–Crippen LogP) is 9.58. The molecular weight excluding hydrogens is 673 g/mol. The SMILES string of the molecule is CC(C)c1c2ccccc2[c-]c2c1c1ccccc1n1ccnc21.CCC(CC)C(=O)/C=C(\O)C(CC)CC.[Ir]. The van der Waals surface area contributed by atoms with Crippen LogP contribution in [-0.4, -0.2) is 20.3 Å². The normalized spacial score (nSPS) is 12.0. The monoisotopic (exact) mass is 714 g/mol. The molecule has 5 aromatic rings. The molecule has 0 aliphatic rings. The molecule has 2 heterocycles. The molecule has 0 atom stereocenters. The molecule has 0 saturated heterocycles. The van der Waals surface area contributed by atoms with Crippen LogP contribution in [0.1, 0.15) is 78.7 Å². The maximum absolute atomic E-state index is 11.7. The quantitative estimate of drug-likeness (QED) is 0.0573. The Balaban J connectivity index is 0.000000243. The van der Waals surface area contributed by atoms with Gasteiger partial charge in [-0.3, -0.25) is 9.78 Å². The number of carbonyl (C=O) groups is 1. The third-order valence-corrected chi connectivity index (χ3v) is 7.95. The molecule has 5 heteroatoms. The summed E-state index contributed by atoms with van der Waals surface area (Å²) in [5, 5.41) is 15.9. The molecule has 0 spiro atoms. The second-order valence-electron chi connectivity index (χ2n) is 10.6. The average Bonchev–Trinajstić information content (AvgIpc) is 3.44. The number of carbonyl (C=O) groups excluding carboxylic acids is 1. The van der Waals surface area contributed by atoms with E-state index in [1.54, 1.807) is 0 Å². The summed E-state index contributed by atoms with van der Waals surface area (Å²) < 4.78 is 2.17. The van der Waals surface area contributed by atoms with Crippen molar-refractivity contribution in [3.63, 3.8) is 0 Å². The fourth-order valence-electron chi connectivity index (χ4n) is 5.70. The molecule has 2 aromatic heterocycles. The zero-order chi connectivity index (χ0) is 28.1. The molecule has 213 valence electrons. The first-order valence-electron chi connectivity index (χ1n) is 14.4. The largest absolute Gasteiger partial charge is 0.512 e. The summed E-state index contributed by atoms with van der Waals surface area (Å²) in [6, 6.07) is 20.8.